The van der Waals surface area contributed by atoms with Gasteiger partial charge in [0, 0.05) is 13.1 Å². The summed E-state index contributed by atoms with van der Waals surface area (Å²) in [6, 6.07) is 0. The van der Waals surface area contributed by atoms with Crippen molar-refractivity contribution in [2.45, 2.75) is 33.3 Å². The highest BCUT2D eigenvalue weighted by molar-refractivity contribution is 5.56. The number of rotatable bonds is 9. The van der Waals surface area contributed by atoms with Gasteiger partial charge in [-0.25, -0.2) is 4.98 Å². The Labute approximate surface area is 118 Å². The third-order valence-corrected chi connectivity index (χ3v) is 2.34. The highest BCUT2D eigenvalue weighted by Gasteiger charge is 2.16. The van der Waals surface area contributed by atoms with Gasteiger partial charge in [0.1, 0.15) is 6.20 Å². The first kappa shape index (κ1) is 16.1. The van der Waals surface area contributed by atoms with Crippen LogP contribution >= 0.6 is 0 Å². The molecule has 0 aliphatic heterocycles. The maximum absolute atomic E-state index is 10.9. The van der Waals surface area contributed by atoms with Crippen LogP contribution < -0.4 is 10.6 Å². The minimum Gasteiger partial charge on any atom is -0.377 e. The molecule has 0 bridgehead atoms. The molecule has 8 heteroatoms. The van der Waals surface area contributed by atoms with Crippen molar-refractivity contribution in [3.63, 3.8) is 0 Å². The van der Waals surface area contributed by atoms with Crippen molar-refractivity contribution >= 4 is 17.5 Å². The smallest absolute Gasteiger partial charge is 0.329 e. The van der Waals surface area contributed by atoms with Gasteiger partial charge >= 0.3 is 5.69 Å². The van der Waals surface area contributed by atoms with Crippen LogP contribution in [0.3, 0.4) is 0 Å². The van der Waals surface area contributed by atoms with Crippen LogP contribution in [0, 0.1) is 10.1 Å². The topological polar surface area (TPSA) is 102 Å². The molecule has 1 aromatic heterocycles. The first-order valence-corrected chi connectivity index (χ1v) is 6.65. The summed E-state index contributed by atoms with van der Waals surface area (Å²) in [6.07, 6.45) is 2.25. The lowest BCUT2D eigenvalue weighted by Gasteiger charge is -2.10. The Morgan fingerprint density at radius 1 is 1.40 bits per heavy atom. The van der Waals surface area contributed by atoms with E-state index in [1.165, 1.54) is 6.20 Å². The van der Waals surface area contributed by atoms with Crippen LogP contribution in [0.2, 0.25) is 0 Å². The SMILES string of the molecule is CCCNc1ncc([N+](=O)[O-])c(NCCOC(C)C)n1. The molecule has 0 aromatic carbocycles. The average molecular weight is 283 g/mol. The number of hydrogen-bond donors (Lipinski definition) is 2. The average Bonchev–Trinajstić information content (AvgIpc) is 2.41. The zero-order chi connectivity index (χ0) is 15.0. The number of nitrogens with zero attached hydrogens (tertiary/aromatic N) is 3. The Bertz CT molecular complexity index is 439. The van der Waals surface area contributed by atoms with Gasteiger partial charge in [0.25, 0.3) is 0 Å². The third-order valence-electron chi connectivity index (χ3n) is 2.34. The normalized spacial score (nSPS) is 10.6. The lowest BCUT2D eigenvalue weighted by atomic mass is 10.4. The van der Waals surface area contributed by atoms with E-state index < -0.39 is 4.92 Å². The number of aromatic nitrogens is 2. The van der Waals surface area contributed by atoms with Crippen molar-refractivity contribution in [1.29, 1.82) is 0 Å². The van der Waals surface area contributed by atoms with Gasteiger partial charge in [0.15, 0.2) is 0 Å². The summed E-state index contributed by atoms with van der Waals surface area (Å²) in [5, 5.41) is 16.8. The lowest BCUT2D eigenvalue weighted by Crippen LogP contribution is -2.15. The number of anilines is 2. The molecule has 20 heavy (non-hydrogen) atoms. The van der Waals surface area contributed by atoms with Crippen molar-refractivity contribution in [3.05, 3.63) is 16.3 Å². The quantitative estimate of drug-likeness (QED) is 0.406. The number of nitrogens with one attached hydrogen (secondary N) is 2. The summed E-state index contributed by atoms with van der Waals surface area (Å²) >= 11 is 0. The minimum atomic E-state index is -0.505. The third kappa shape index (κ3) is 5.35. The zero-order valence-electron chi connectivity index (χ0n) is 12.0. The van der Waals surface area contributed by atoms with Crippen LogP contribution in [-0.2, 0) is 4.74 Å². The predicted octanol–water partition coefficient (Wildman–Crippen LogP) is 2.04. The van der Waals surface area contributed by atoms with Gasteiger partial charge < -0.3 is 15.4 Å². The molecule has 0 radical (unpaired) electrons. The van der Waals surface area contributed by atoms with Gasteiger partial charge in [0.05, 0.1) is 17.6 Å². The molecule has 1 heterocycles. The van der Waals surface area contributed by atoms with E-state index in [-0.39, 0.29) is 17.6 Å². The summed E-state index contributed by atoms with van der Waals surface area (Å²) in [6.45, 7) is 7.49. The van der Waals surface area contributed by atoms with Crippen LogP contribution in [0.1, 0.15) is 27.2 Å². The number of hydrogen-bond acceptors (Lipinski definition) is 7. The van der Waals surface area contributed by atoms with Gasteiger partial charge in [-0.2, -0.15) is 4.98 Å². The Kier molecular flexibility index (Phi) is 6.65. The summed E-state index contributed by atoms with van der Waals surface area (Å²) in [5.74, 6) is 0.584. The second-order valence-electron chi connectivity index (χ2n) is 4.46. The molecule has 0 aliphatic carbocycles. The molecule has 0 amide bonds. The molecular formula is C12H21N5O3. The maximum atomic E-state index is 10.9. The van der Waals surface area contributed by atoms with Crippen molar-refractivity contribution in [2.24, 2.45) is 0 Å². The maximum Gasteiger partial charge on any atom is 0.329 e. The summed E-state index contributed by atoms with van der Waals surface area (Å²) in [5.41, 5.74) is -0.142. The molecule has 0 saturated heterocycles. The first-order valence-electron chi connectivity index (χ1n) is 6.65. The highest BCUT2D eigenvalue weighted by Crippen LogP contribution is 2.21. The molecule has 0 spiro atoms. The molecule has 0 atom stereocenters. The number of nitro groups is 1. The minimum absolute atomic E-state index is 0.124. The van der Waals surface area contributed by atoms with E-state index in [0.717, 1.165) is 6.42 Å². The molecule has 2 N–H and O–H groups in total. The van der Waals surface area contributed by atoms with E-state index in [0.29, 0.717) is 25.6 Å². The second kappa shape index (κ2) is 8.26. The molecule has 1 aromatic rings. The highest BCUT2D eigenvalue weighted by atomic mass is 16.6. The molecule has 8 nitrogen and oxygen atoms in total. The van der Waals surface area contributed by atoms with E-state index in [1.54, 1.807) is 0 Å². The van der Waals surface area contributed by atoms with E-state index in [4.69, 9.17) is 4.74 Å². The molecule has 0 unspecified atom stereocenters. The summed E-state index contributed by atoms with van der Waals surface area (Å²) in [4.78, 5) is 18.5. The Morgan fingerprint density at radius 2 is 2.15 bits per heavy atom. The van der Waals surface area contributed by atoms with Crippen LogP contribution in [-0.4, -0.2) is 40.7 Å². The van der Waals surface area contributed by atoms with Crippen LogP contribution in [0.4, 0.5) is 17.5 Å². The summed E-state index contributed by atoms with van der Waals surface area (Å²) in [7, 11) is 0. The van der Waals surface area contributed by atoms with Crippen LogP contribution in [0.5, 0.6) is 0 Å². The lowest BCUT2D eigenvalue weighted by molar-refractivity contribution is -0.384. The van der Waals surface area contributed by atoms with Crippen molar-refractivity contribution < 1.29 is 9.66 Å². The van der Waals surface area contributed by atoms with E-state index in [2.05, 4.69) is 20.6 Å². The Morgan fingerprint density at radius 3 is 2.75 bits per heavy atom. The molecular weight excluding hydrogens is 262 g/mol. The van der Waals surface area contributed by atoms with Crippen LogP contribution in [0.25, 0.3) is 0 Å². The van der Waals surface area contributed by atoms with Gasteiger partial charge in [0.2, 0.25) is 11.8 Å². The van der Waals surface area contributed by atoms with Gasteiger partial charge in [-0.05, 0) is 20.3 Å². The molecule has 1 rings (SSSR count). The summed E-state index contributed by atoms with van der Waals surface area (Å²) < 4.78 is 5.37. The molecule has 112 valence electrons. The second-order valence-corrected chi connectivity index (χ2v) is 4.46. The van der Waals surface area contributed by atoms with E-state index in [9.17, 15) is 10.1 Å². The fourth-order valence-electron chi connectivity index (χ4n) is 1.43. The fraction of sp³-hybridized carbons (Fsp3) is 0.667. The largest absolute Gasteiger partial charge is 0.377 e. The predicted molar refractivity (Wildman–Crippen MR) is 77.0 cm³/mol. The standard InChI is InChI=1S/C12H21N5O3/c1-4-5-14-12-15-8-10(17(18)19)11(16-12)13-6-7-20-9(2)3/h8-9H,4-7H2,1-3H3,(H2,13,14,15,16). The number of ether oxygens (including phenoxy) is 1. The molecule has 0 saturated carbocycles. The molecule has 0 fully saturated rings. The first-order chi connectivity index (χ1) is 9.54. The van der Waals surface area contributed by atoms with Gasteiger partial charge in [-0.3, -0.25) is 10.1 Å². The van der Waals surface area contributed by atoms with Crippen molar-refractivity contribution in [1.82, 2.24) is 9.97 Å². The van der Waals surface area contributed by atoms with Gasteiger partial charge in [-0.1, -0.05) is 6.92 Å². The Hall–Kier alpha value is -1.96. The van der Waals surface area contributed by atoms with E-state index in [1.807, 2.05) is 20.8 Å². The van der Waals surface area contributed by atoms with Gasteiger partial charge in [-0.15, -0.1) is 0 Å². The van der Waals surface area contributed by atoms with Crippen molar-refractivity contribution in [3.8, 4) is 0 Å². The fourth-order valence-corrected chi connectivity index (χ4v) is 1.43. The zero-order valence-corrected chi connectivity index (χ0v) is 12.0. The molecule has 0 aliphatic rings. The van der Waals surface area contributed by atoms with E-state index >= 15 is 0 Å². The monoisotopic (exact) mass is 283 g/mol. The Balaban J connectivity index is 2.70. The van der Waals surface area contributed by atoms with Crippen molar-refractivity contribution in [2.75, 3.05) is 30.3 Å². The van der Waals surface area contributed by atoms with Crippen LogP contribution in [0.15, 0.2) is 6.20 Å².